The van der Waals surface area contributed by atoms with E-state index < -0.39 is 10.9 Å². The third kappa shape index (κ3) is 5.15. The van der Waals surface area contributed by atoms with E-state index >= 15 is 0 Å². The third-order valence-electron chi connectivity index (χ3n) is 3.36. The maximum Gasteiger partial charge on any atom is 0.343 e. The Hall–Kier alpha value is -1.95. The first-order valence-corrected chi connectivity index (χ1v) is 7.05. The van der Waals surface area contributed by atoms with Gasteiger partial charge in [-0.05, 0) is 31.2 Å². The SMILES string of the molecule is CC(C)CCC(C)NCc1cccc([N+](=O)[O-])c1C(=O)O. The van der Waals surface area contributed by atoms with E-state index in [1.54, 1.807) is 6.07 Å². The zero-order valence-electron chi connectivity index (χ0n) is 12.6. The van der Waals surface area contributed by atoms with Crippen molar-refractivity contribution in [3.8, 4) is 0 Å². The summed E-state index contributed by atoms with van der Waals surface area (Å²) in [6, 6.07) is 4.57. The van der Waals surface area contributed by atoms with E-state index in [2.05, 4.69) is 19.2 Å². The van der Waals surface area contributed by atoms with Gasteiger partial charge in [-0.2, -0.15) is 0 Å². The lowest BCUT2D eigenvalue weighted by molar-refractivity contribution is -0.385. The average Bonchev–Trinajstić information content (AvgIpc) is 2.41. The molecule has 0 saturated carbocycles. The highest BCUT2D eigenvalue weighted by Gasteiger charge is 2.23. The van der Waals surface area contributed by atoms with Gasteiger partial charge in [-0.25, -0.2) is 4.79 Å². The molecule has 1 unspecified atom stereocenters. The Labute approximate surface area is 124 Å². The summed E-state index contributed by atoms with van der Waals surface area (Å²) in [5, 5.41) is 23.4. The molecule has 0 saturated heterocycles. The van der Waals surface area contributed by atoms with Crippen LogP contribution in [-0.4, -0.2) is 22.0 Å². The number of benzene rings is 1. The van der Waals surface area contributed by atoms with Gasteiger partial charge in [0.05, 0.1) is 4.92 Å². The second-order valence-corrected chi connectivity index (χ2v) is 5.63. The fourth-order valence-electron chi connectivity index (χ4n) is 2.10. The van der Waals surface area contributed by atoms with Crippen LogP contribution in [0.3, 0.4) is 0 Å². The lowest BCUT2D eigenvalue weighted by Crippen LogP contribution is -2.26. The van der Waals surface area contributed by atoms with Gasteiger partial charge in [0.1, 0.15) is 5.56 Å². The van der Waals surface area contributed by atoms with Gasteiger partial charge >= 0.3 is 5.97 Å². The second kappa shape index (κ2) is 7.73. The van der Waals surface area contributed by atoms with Crippen molar-refractivity contribution in [1.82, 2.24) is 5.32 Å². The summed E-state index contributed by atoms with van der Waals surface area (Å²) >= 11 is 0. The topological polar surface area (TPSA) is 92.5 Å². The van der Waals surface area contributed by atoms with E-state index in [1.165, 1.54) is 12.1 Å². The molecule has 0 aliphatic carbocycles. The second-order valence-electron chi connectivity index (χ2n) is 5.63. The van der Waals surface area contributed by atoms with Crippen LogP contribution in [0.1, 0.15) is 49.5 Å². The minimum atomic E-state index is -1.27. The van der Waals surface area contributed by atoms with Gasteiger partial charge in [0, 0.05) is 18.7 Å². The first kappa shape index (κ1) is 17.1. The smallest absolute Gasteiger partial charge is 0.343 e. The van der Waals surface area contributed by atoms with Crippen LogP contribution in [0.5, 0.6) is 0 Å². The van der Waals surface area contributed by atoms with E-state index in [0.29, 0.717) is 18.0 Å². The summed E-state index contributed by atoms with van der Waals surface area (Å²) in [5.74, 6) is -0.657. The summed E-state index contributed by atoms with van der Waals surface area (Å²) in [6.07, 6.45) is 2.06. The van der Waals surface area contributed by atoms with Crippen LogP contribution in [0.2, 0.25) is 0 Å². The molecule has 2 N–H and O–H groups in total. The third-order valence-corrected chi connectivity index (χ3v) is 3.36. The Kier molecular flexibility index (Phi) is 6.30. The molecule has 0 fully saturated rings. The van der Waals surface area contributed by atoms with Crippen molar-refractivity contribution in [3.63, 3.8) is 0 Å². The summed E-state index contributed by atoms with van der Waals surface area (Å²) in [6.45, 7) is 6.63. The van der Waals surface area contributed by atoms with E-state index in [0.717, 1.165) is 12.8 Å². The largest absolute Gasteiger partial charge is 0.477 e. The zero-order chi connectivity index (χ0) is 16.0. The van der Waals surface area contributed by atoms with Gasteiger partial charge in [0.15, 0.2) is 0 Å². The first-order valence-electron chi connectivity index (χ1n) is 7.05. The van der Waals surface area contributed by atoms with Crippen LogP contribution < -0.4 is 5.32 Å². The molecule has 21 heavy (non-hydrogen) atoms. The molecular formula is C15H22N2O4. The molecule has 1 aromatic rings. The number of nitrogens with zero attached hydrogens (tertiary/aromatic N) is 1. The average molecular weight is 294 g/mol. The van der Waals surface area contributed by atoms with Crippen molar-refractivity contribution < 1.29 is 14.8 Å². The Morgan fingerprint density at radius 3 is 2.52 bits per heavy atom. The van der Waals surface area contributed by atoms with Gasteiger partial charge in [0.25, 0.3) is 5.69 Å². The Bertz CT molecular complexity index is 514. The van der Waals surface area contributed by atoms with Gasteiger partial charge in [-0.3, -0.25) is 10.1 Å². The highest BCUT2D eigenvalue weighted by atomic mass is 16.6. The zero-order valence-corrected chi connectivity index (χ0v) is 12.6. The molecule has 0 bridgehead atoms. The van der Waals surface area contributed by atoms with Crippen LogP contribution >= 0.6 is 0 Å². The number of nitrogens with one attached hydrogen (secondary N) is 1. The molecule has 1 atom stereocenters. The van der Waals surface area contributed by atoms with Crippen molar-refractivity contribution in [2.24, 2.45) is 5.92 Å². The molecule has 6 heteroatoms. The van der Waals surface area contributed by atoms with Crippen LogP contribution in [0.25, 0.3) is 0 Å². The fourth-order valence-corrected chi connectivity index (χ4v) is 2.10. The molecular weight excluding hydrogens is 272 g/mol. The normalized spacial score (nSPS) is 12.4. The van der Waals surface area contributed by atoms with E-state index in [-0.39, 0.29) is 17.3 Å². The number of hydrogen-bond acceptors (Lipinski definition) is 4. The highest BCUT2D eigenvalue weighted by molar-refractivity contribution is 5.94. The summed E-state index contributed by atoms with van der Waals surface area (Å²) in [4.78, 5) is 21.5. The number of nitro benzene ring substituents is 1. The summed E-state index contributed by atoms with van der Waals surface area (Å²) in [5.41, 5.74) is -0.157. The summed E-state index contributed by atoms with van der Waals surface area (Å²) < 4.78 is 0. The number of aromatic carboxylic acids is 1. The molecule has 0 aromatic heterocycles. The molecule has 0 amide bonds. The van der Waals surface area contributed by atoms with E-state index in [4.69, 9.17) is 0 Å². The molecule has 0 aliphatic rings. The number of hydrogen-bond donors (Lipinski definition) is 2. The van der Waals surface area contributed by atoms with Crippen LogP contribution in [-0.2, 0) is 6.54 Å². The number of carboxylic acid groups (broad SMARTS) is 1. The van der Waals surface area contributed by atoms with Crippen LogP contribution in [0.4, 0.5) is 5.69 Å². The predicted octanol–water partition coefficient (Wildman–Crippen LogP) is 3.21. The van der Waals surface area contributed by atoms with Crippen LogP contribution in [0, 0.1) is 16.0 Å². The Morgan fingerprint density at radius 1 is 1.33 bits per heavy atom. The molecule has 0 aliphatic heterocycles. The van der Waals surface area contributed by atoms with E-state index in [9.17, 15) is 20.0 Å². The van der Waals surface area contributed by atoms with Crippen molar-refractivity contribution in [2.75, 3.05) is 0 Å². The lowest BCUT2D eigenvalue weighted by atomic mass is 10.0. The lowest BCUT2D eigenvalue weighted by Gasteiger charge is -2.16. The molecule has 0 spiro atoms. The van der Waals surface area contributed by atoms with Crippen molar-refractivity contribution >= 4 is 11.7 Å². The van der Waals surface area contributed by atoms with Gasteiger partial charge < -0.3 is 10.4 Å². The molecule has 1 rings (SSSR count). The fraction of sp³-hybridized carbons (Fsp3) is 0.533. The number of nitro groups is 1. The van der Waals surface area contributed by atoms with E-state index in [1.807, 2.05) is 6.92 Å². The molecule has 116 valence electrons. The molecule has 0 radical (unpaired) electrons. The number of carboxylic acids is 1. The van der Waals surface area contributed by atoms with Crippen molar-refractivity contribution in [2.45, 2.75) is 46.2 Å². The Morgan fingerprint density at radius 2 is 2.00 bits per heavy atom. The van der Waals surface area contributed by atoms with Gasteiger partial charge in [0.2, 0.25) is 0 Å². The first-order chi connectivity index (χ1) is 9.82. The minimum absolute atomic E-state index is 0.230. The standard InChI is InChI=1S/C15H22N2O4/c1-10(2)7-8-11(3)16-9-12-5-4-6-13(17(20)21)14(12)15(18)19/h4-6,10-11,16H,7-9H2,1-3H3,(H,18,19). The maximum absolute atomic E-state index is 11.3. The number of carbonyl (C=O) groups is 1. The minimum Gasteiger partial charge on any atom is -0.477 e. The quantitative estimate of drug-likeness (QED) is 0.567. The van der Waals surface area contributed by atoms with Crippen molar-refractivity contribution in [3.05, 3.63) is 39.4 Å². The summed E-state index contributed by atoms with van der Waals surface area (Å²) in [7, 11) is 0. The van der Waals surface area contributed by atoms with Gasteiger partial charge in [-0.1, -0.05) is 26.0 Å². The highest BCUT2D eigenvalue weighted by Crippen LogP contribution is 2.22. The number of rotatable bonds is 8. The Balaban J connectivity index is 2.81. The monoisotopic (exact) mass is 294 g/mol. The maximum atomic E-state index is 11.3. The molecule has 1 aromatic carbocycles. The molecule has 6 nitrogen and oxygen atoms in total. The van der Waals surface area contributed by atoms with Crippen LogP contribution in [0.15, 0.2) is 18.2 Å². The van der Waals surface area contributed by atoms with Gasteiger partial charge in [-0.15, -0.1) is 0 Å². The molecule has 0 heterocycles. The van der Waals surface area contributed by atoms with Crippen molar-refractivity contribution in [1.29, 1.82) is 0 Å². The predicted molar refractivity (Wildman–Crippen MR) is 80.4 cm³/mol.